The van der Waals surface area contributed by atoms with Gasteiger partial charge in [-0.25, -0.2) is 0 Å². The largest absolute Gasteiger partial charge is 0.463 e. The second-order valence-corrected chi connectivity index (χ2v) is 22.2. The van der Waals surface area contributed by atoms with Crippen LogP contribution in [0.25, 0.3) is 0 Å². The smallest absolute Gasteiger partial charge is 0.305 e. The molecule has 4 aliphatic carbocycles. The van der Waals surface area contributed by atoms with E-state index in [-0.39, 0.29) is 24.1 Å². The maximum absolute atomic E-state index is 12.7. The van der Waals surface area contributed by atoms with Gasteiger partial charge in [-0.2, -0.15) is 0 Å². The molecule has 1 heterocycles. The predicted molar refractivity (Wildman–Crippen MR) is 272 cm³/mol. The van der Waals surface area contributed by atoms with Gasteiger partial charge in [0.1, 0.15) is 31.0 Å². The van der Waals surface area contributed by atoms with Crippen LogP contribution in [0.1, 0.15) is 202 Å². The molecule has 1 aliphatic heterocycles. The molecule has 0 spiro atoms. The Morgan fingerprint density at radius 2 is 1.36 bits per heavy atom. The summed E-state index contributed by atoms with van der Waals surface area (Å²) in [4.78, 5) is 12.7. The van der Waals surface area contributed by atoms with E-state index in [0.717, 1.165) is 113 Å². The van der Waals surface area contributed by atoms with Crippen LogP contribution < -0.4 is 0 Å². The summed E-state index contributed by atoms with van der Waals surface area (Å²) in [5.41, 5.74) is 2.12. The minimum atomic E-state index is -1.45. The van der Waals surface area contributed by atoms with Crippen LogP contribution in [0.15, 0.2) is 72.4 Å². The number of rotatable bonds is 28. The second-order valence-electron chi connectivity index (χ2n) is 22.2. The summed E-state index contributed by atoms with van der Waals surface area (Å²) in [6.45, 7) is 14.4. The highest BCUT2D eigenvalue weighted by molar-refractivity contribution is 5.69. The van der Waals surface area contributed by atoms with Crippen LogP contribution in [-0.2, 0) is 19.0 Å². The maximum atomic E-state index is 12.7. The van der Waals surface area contributed by atoms with Gasteiger partial charge in [0.05, 0.1) is 6.10 Å². The average Bonchev–Trinajstić information content (AvgIpc) is 3.66. The zero-order valence-corrected chi connectivity index (χ0v) is 42.6. The maximum Gasteiger partial charge on any atom is 0.305 e. The summed E-state index contributed by atoms with van der Waals surface area (Å²) in [5.74, 6) is 4.40. The van der Waals surface area contributed by atoms with E-state index in [1.165, 1.54) is 76.2 Å². The van der Waals surface area contributed by atoms with Gasteiger partial charge < -0.3 is 29.5 Å². The number of esters is 1. The topological polar surface area (TPSA) is 105 Å². The number of aliphatic hydroxyl groups excluding tert-OH is 3. The molecule has 3 N–H and O–H groups in total. The molecule has 0 aromatic carbocycles. The summed E-state index contributed by atoms with van der Waals surface area (Å²) >= 11 is 0. The molecule has 7 heteroatoms. The molecule has 3 saturated carbocycles. The van der Waals surface area contributed by atoms with Gasteiger partial charge in [0.2, 0.25) is 0 Å². The first-order chi connectivity index (χ1) is 31.9. The molecule has 0 bridgehead atoms. The second kappa shape index (κ2) is 28.4. The molecule has 374 valence electrons. The quantitative estimate of drug-likeness (QED) is 0.0408. The first kappa shape index (κ1) is 54.6. The molecule has 0 aromatic rings. The Morgan fingerprint density at radius 3 is 2.03 bits per heavy atom. The van der Waals surface area contributed by atoms with Crippen LogP contribution in [0.5, 0.6) is 0 Å². The zero-order chi connectivity index (χ0) is 47.4. The van der Waals surface area contributed by atoms with Crippen molar-refractivity contribution < 1.29 is 34.3 Å². The number of hydrogen-bond donors (Lipinski definition) is 3. The minimum Gasteiger partial charge on any atom is -0.463 e. The summed E-state index contributed by atoms with van der Waals surface area (Å²) < 4.78 is 18.1. The lowest BCUT2D eigenvalue weighted by atomic mass is 9.47. The number of allylic oxidation sites excluding steroid dienone is 11. The fourth-order valence-corrected chi connectivity index (χ4v) is 13.2. The van der Waals surface area contributed by atoms with Crippen LogP contribution in [0.2, 0.25) is 0 Å². The lowest BCUT2D eigenvalue weighted by molar-refractivity contribution is -0.313. The Balaban J connectivity index is 0.931. The van der Waals surface area contributed by atoms with Crippen LogP contribution in [-0.4, -0.2) is 64.7 Å². The molecule has 4 fully saturated rings. The van der Waals surface area contributed by atoms with Crippen molar-refractivity contribution in [3.05, 3.63) is 72.4 Å². The number of unbranched alkanes of at least 4 members (excludes halogenated alkanes) is 7. The molecule has 13 unspecified atom stereocenters. The number of carbonyl (C=O) groups excluding carboxylic acids is 1. The molecular formula is C59H96O7. The molecule has 7 nitrogen and oxygen atoms in total. The van der Waals surface area contributed by atoms with E-state index < -0.39 is 30.7 Å². The standard InChI is InChI=1S/C59H96O7/c1-7-8-9-10-11-12-13-14-15-16-17-18-19-20-21-22-23-24-25-26-27-28-29-33-53(60)64-43-52-54(61)55(62)56(63)57(66-52)65-47-38-40-58(5)46(42-47)34-35-48-50-37-36-49(45(4)32-30-31-44(2)3)59(50,6)41-39-51(48)58/h8-9,11-12,14-15,17-18,20-21,34,44-45,47-52,54-57,61-63H,7,10,13,16,19,22-33,35-43H2,1-6H3/b9-8-,12-11-,15-14-,18-17-,21-20-. The fraction of sp³-hybridized carbons (Fsp3) is 0.780. The van der Waals surface area contributed by atoms with Gasteiger partial charge in [-0.15, -0.1) is 0 Å². The minimum absolute atomic E-state index is 0.147. The van der Waals surface area contributed by atoms with E-state index in [2.05, 4.69) is 108 Å². The van der Waals surface area contributed by atoms with Crippen LogP contribution in [0, 0.1) is 46.3 Å². The van der Waals surface area contributed by atoms with Crippen molar-refractivity contribution in [2.75, 3.05) is 6.61 Å². The van der Waals surface area contributed by atoms with Crippen molar-refractivity contribution in [1.82, 2.24) is 0 Å². The number of carbonyl (C=O) groups is 1. The Hall–Kier alpha value is -2.29. The monoisotopic (exact) mass is 917 g/mol. The Kier molecular flexibility index (Phi) is 23.5. The normalized spacial score (nSPS) is 34.2. The summed E-state index contributed by atoms with van der Waals surface area (Å²) in [5, 5.41) is 32.6. The van der Waals surface area contributed by atoms with Crippen molar-refractivity contribution in [3.8, 4) is 0 Å². The molecule has 0 aromatic heterocycles. The van der Waals surface area contributed by atoms with Gasteiger partial charge in [0.25, 0.3) is 0 Å². The van der Waals surface area contributed by atoms with Gasteiger partial charge in [-0.1, -0.05) is 165 Å². The zero-order valence-electron chi connectivity index (χ0n) is 42.6. The highest BCUT2D eigenvalue weighted by atomic mass is 16.7. The van der Waals surface area contributed by atoms with Gasteiger partial charge >= 0.3 is 5.97 Å². The van der Waals surface area contributed by atoms with Gasteiger partial charge in [-0.3, -0.25) is 4.79 Å². The van der Waals surface area contributed by atoms with Crippen molar-refractivity contribution in [2.45, 2.75) is 239 Å². The highest BCUT2D eigenvalue weighted by Gasteiger charge is 2.59. The number of fused-ring (bicyclic) bond motifs is 5. The molecule has 0 radical (unpaired) electrons. The SMILES string of the molecule is CC/C=C\C/C=C\C/C=C\C/C=C\C/C=C\CCCCCCCCCC(=O)OCC1OC(OC2CCC3(C)C(=CCC4C3CCC3(C)C(C(C)CCCC(C)C)CCC43)C2)C(O)C(O)C1O. The number of hydrogen-bond acceptors (Lipinski definition) is 7. The van der Waals surface area contributed by atoms with Crippen molar-refractivity contribution in [2.24, 2.45) is 46.3 Å². The molecule has 66 heavy (non-hydrogen) atoms. The van der Waals surface area contributed by atoms with Crippen molar-refractivity contribution in [1.29, 1.82) is 0 Å². The van der Waals surface area contributed by atoms with E-state index in [4.69, 9.17) is 14.2 Å². The first-order valence-corrected chi connectivity index (χ1v) is 27.3. The van der Waals surface area contributed by atoms with Gasteiger partial charge in [0, 0.05) is 6.42 Å². The van der Waals surface area contributed by atoms with E-state index in [1.807, 2.05) is 0 Å². The van der Waals surface area contributed by atoms with E-state index in [0.29, 0.717) is 17.8 Å². The first-order valence-electron chi connectivity index (χ1n) is 27.3. The summed E-state index contributed by atoms with van der Waals surface area (Å²) in [7, 11) is 0. The Labute approximate surface area is 403 Å². The summed E-state index contributed by atoms with van der Waals surface area (Å²) in [6.07, 6.45) is 46.1. The van der Waals surface area contributed by atoms with Gasteiger partial charge in [0.15, 0.2) is 6.29 Å². The molecule has 0 amide bonds. The summed E-state index contributed by atoms with van der Waals surface area (Å²) in [6, 6.07) is 0. The van der Waals surface area contributed by atoms with E-state index >= 15 is 0 Å². The third kappa shape index (κ3) is 15.9. The lowest BCUT2D eigenvalue weighted by Crippen LogP contribution is -2.60. The molecule has 1 saturated heterocycles. The van der Waals surface area contributed by atoms with Crippen LogP contribution in [0.3, 0.4) is 0 Å². The van der Waals surface area contributed by atoms with Gasteiger partial charge in [-0.05, 0) is 149 Å². The number of aliphatic hydroxyl groups is 3. The predicted octanol–water partition coefficient (Wildman–Crippen LogP) is 14.0. The van der Waals surface area contributed by atoms with Crippen molar-refractivity contribution in [3.63, 3.8) is 0 Å². The molecule has 5 aliphatic rings. The molecule has 5 rings (SSSR count). The number of ether oxygens (including phenoxy) is 3. The Morgan fingerprint density at radius 1 is 0.727 bits per heavy atom. The third-order valence-corrected chi connectivity index (χ3v) is 17.1. The van der Waals surface area contributed by atoms with Crippen molar-refractivity contribution >= 4 is 5.97 Å². The van der Waals surface area contributed by atoms with E-state index in [9.17, 15) is 20.1 Å². The lowest BCUT2D eigenvalue weighted by Gasteiger charge is -2.58. The van der Waals surface area contributed by atoms with Crippen LogP contribution >= 0.6 is 0 Å². The molecule has 13 atom stereocenters. The fourth-order valence-electron chi connectivity index (χ4n) is 13.2. The highest BCUT2D eigenvalue weighted by Crippen LogP contribution is 2.67. The molecular weight excluding hydrogens is 821 g/mol. The average molecular weight is 917 g/mol. The van der Waals surface area contributed by atoms with E-state index in [1.54, 1.807) is 0 Å². The third-order valence-electron chi connectivity index (χ3n) is 17.1. The van der Waals surface area contributed by atoms with Crippen LogP contribution in [0.4, 0.5) is 0 Å². The Bertz CT molecular complexity index is 1590.